The third kappa shape index (κ3) is 4.45. The lowest BCUT2D eigenvalue weighted by molar-refractivity contribution is -0.385. The summed E-state index contributed by atoms with van der Waals surface area (Å²) in [5.74, 6) is -0.424. The molecule has 0 fully saturated rings. The number of hydrogen-bond donors (Lipinski definition) is 1. The highest BCUT2D eigenvalue weighted by atomic mass is 32.2. The Bertz CT molecular complexity index is 937. The van der Waals surface area contributed by atoms with E-state index in [1.165, 1.54) is 30.3 Å². The molecule has 2 rings (SSSR count). The summed E-state index contributed by atoms with van der Waals surface area (Å²) in [6, 6.07) is 10.3. The van der Waals surface area contributed by atoms with Crippen LogP contribution in [0.3, 0.4) is 0 Å². The second-order valence-electron chi connectivity index (χ2n) is 6.03. The van der Waals surface area contributed by atoms with Gasteiger partial charge in [0.25, 0.3) is 11.6 Å². The van der Waals surface area contributed by atoms with Gasteiger partial charge in [0, 0.05) is 23.4 Å². The lowest BCUT2D eigenvalue weighted by Crippen LogP contribution is -2.28. The quantitative estimate of drug-likeness (QED) is 0.615. The van der Waals surface area contributed by atoms with Crippen LogP contribution in [-0.2, 0) is 9.84 Å². The van der Waals surface area contributed by atoms with Crippen LogP contribution in [0, 0.1) is 17.0 Å². The van der Waals surface area contributed by atoms with E-state index in [4.69, 9.17) is 0 Å². The van der Waals surface area contributed by atoms with Crippen LogP contribution in [0.25, 0.3) is 0 Å². The van der Waals surface area contributed by atoms with E-state index < -0.39 is 20.7 Å². The molecule has 8 heteroatoms. The number of nitro benzene ring substituents is 1. The van der Waals surface area contributed by atoms with Gasteiger partial charge in [-0.2, -0.15) is 0 Å². The van der Waals surface area contributed by atoms with Gasteiger partial charge >= 0.3 is 0 Å². The zero-order valence-corrected chi connectivity index (χ0v) is 15.5. The highest BCUT2D eigenvalue weighted by molar-refractivity contribution is 7.90. The zero-order valence-electron chi connectivity index (χ0n) is 14.7. The smallest absolute Gasteiger partial charge is 0.273 e. The van der Waals surface area contributed by atoms with E-state index in [-0.39, 0.29) is 22.2 Å². The van der Waals surface area contributed by atoms with Crippen molar-refractivity contribution in [2.24, 2.45) is 0 Å². The molecule has 7 nitrogen and oxygen atoms in total. The molecule has 26 heavy (non-hydrogen) atoms. The van der Waals surface area contributed by atoms with E-state index in [9.17, 15) is 23.3 Å². The predicted octanol–water partition coefficient (Wildman–Crippen LogP) is 3.19. The molecule has 1 amide bonds. The molecule has 0 heterocycles. The summed E-state index contributed by atoms with van der Waals surface area (Å²) < 4.78 is 23.1. The minimum Gasteiger partial charge on any atom is -0.345 e. The summed E-state index contributed by atoms with van der Waals surface area (Å²) >= 11 is 0. The molecule has 0 spiro atoms. The summed E-state index contributed by atoms with van der Waals surface area (Å²) in [7, 11) is -3.29. The average molecular weight is 376 g/mol. The van der Waals surface area contributed by atoms with E-state index >= 15 is 0 Å². The number of nitrogens with one attached hydrogen (secondary N) is 1. The van der Waals surface area contributed by atoms with Crippen molar-refractivity contribution in [3.05, 3.63) is 69.3 Å². The summed E-state index contributed by atoms with van der Waals surface area (Å²) in [5.41, 5.74) is 1.33. The first-order chi connectivity index (χ1) is 12.1. The number of carbonyl (C=O) groups excluding carboxylic acids is 1. The Morgan fingerprint density at radius 3 is 2.31 bits per heavy atom. The minimum atomic E-state index is -3.29. The molecular formula is C18H20N2O5S. The Hall–Kier alpha value is -2.74. The van der Waals surface area contributed by atoms with Gasteiger partial charge in [-0.3, -0.25) is 14.9 Å². The third-order valence-corrected chi connectivity index (χ3v) is 5.22. The maximum Gasteiger partial charge on any atom is 0.273 e. The van der Waals surface area contributed by atoms with Crippen LogP contribution in [0.2, 0.25) is 0 Å². The van der Waals surface area contributed by atoms with Crippen molar-refractivity contribution in [1.29, 1.82) is 0 Å². The number of carbonyl (C=O) groups is 1. The molecule has 0 radical (unpaired) electrons. The second kappa shape index (κ2) is 7.65. The largest absolute Gasteiger partial charge is 0.345 e. The Morgan fingerprint density at radius 1 is 1.19 bits per heavy atom. The van der Waals surface area contributed by atoms with Crippen LogP contribution in [0.5, 0.6) is 0 Å². The van der Waals surface area contributed by atoms with Crippen molar-refractivity contribution in [1.82, 2.24) is 5.32 Å². The van der Waals surface area contributed by atoms with Crippen molar-refractivity contribution < 1.29 is 18.1 Å². The molecule has 0 aliphatic rings. The topological polar surface area (TPSA) is 106 Å². The maximum absolute atomic E-state index is 12.5. The Balaban J connectivity index is 2.23. The van der Waals surface area contributed by atoms with Crippen LogP contribution in [0.1, 0.15) is 40.9 Å². The van der Waals surface area contributed by atoms with E-state index in [1.807, 2.05) is 6.92 Å². The number of hydrogen-bond acceptors (Lipinski definition) is 5. The van der Waals surface area contributed by atoms with Crippen molar-refractivity contribution in [2.45, 2.75) is 31.2 Å². The van der Waals surface area contributed by atoms with Crippen LogP contribution in [0.15, 0.2) is 47.4 Å². The van der Waals surface area contributed by atoms with Crippen LogP contribution >= 0.6 is 0 Å². The molecule has 138 valence electrons. The number of sulfone groups is 1. The number of amides is 1. The van der Waals surface area contributed by atoms with E-state index in [1.54, 1.807) is 19.1 Å². The number of nitro groups is 1. The van der Waals surface area contributed by atoms with Gasteiger partial charge in [-0.25, -0.2) is 8.42 Å². The van der Waals surface area contributed by atoms with E-state index in [0.29, 0.717) is 12.0 Å². The van der Waals surface area contributed by atoms with E-state index in [0.717, 1.165) is 11.8 Å². The Kier molecular flexibility index (Phi) is 5.76. The highest BCUT2D eigenvalue weighted by Crippen LogP contribution is 2.22. The van der Waals surface area contributed by atoms with Gasteiger partial charge in [0.05, 0.1) is 15.9 Å². The monoisotopic (exact) mass is 376 g/mol. The molecule has 1 N–H and O–H groups in total. The fourth-order valence-corrected chi connectivity index (χ4v) is 3.19. The molecule has 0 aliphatic carbocycles. The number of rotatable bonds is 6. The van der Waals surface area contributed by atoms with Gasteiger partial charge in [0.15, 0.2) is 9.84 Å². The first-order valence-electron chi connectivity index (χ1n) is 7.99. The van der Waals surface area contributed by atoms with Gasteiger partial charge in [-0.05, 0) is 37.1 Å². The van der Waals surface area contributed by atoms with Gasteiger partial charge in [-0.1, -0.05) is 25.1 Å². The lowest BCUT2D eigenvalue weighted by atomic mass is 10.0. The van der Waals surface area contributed by atoms with Crippen molar-refractivity contribution in [2.75, 3.05) is 6.26 Å². The van der Waals surface area contributed by atoms with Gasteiger partial charge in [0.1, 0.15) is 0 Å². The van der Waals surface area contributed by atoms with Crippen LogP contribution in [0.4, 0.5) is 5.69 Å². The lowest BCUT2D eigenvalue weighted by Gasteiger charge is -2.18. The van der Waals surface area contributed by atoms with Gasteiger partial charge < -0.3 is 5.32 Å². The molecule has 0 aromatic heterocycles. The first-order valence-corrected chi connectivity index (χ1v) is 9.88. The van der Waals surface area contributed by atoms with Crippen LogP contribution < -0.4 is 5.32 Å². The number of benzene rings is 2. The van der Waals surface area contributed by atoms with Gasteiger partial charge in [0.2, 0.25) is 0 Å². The van der Waals surface area contributed by atoms with Crippen molar-refractivity contribution >= 4 is 21.4 Å². The Labute approximate surface area is 152 Å². The summed E-state index contributed by atoms with van der Waals surface area (Å²) in [6.07, 6.45) is 1.71. The SMILES string of the molecule is CCC(NC(=O)c1ccc(C)c([N+](=O)[O-])c1)c1ccc(S(C)(=O)=O)cc1. The molecule has 2 aromatic rings. The molecule has 2 aromatic carbocycles. The van der Waals surface area contributed by atoms with Crippen molar-refractivity contribution in [3.63, 3.8) is 0 Å². The van der Waals surface area contributed by atoms with Crippen LogP contribution in [-0.4, -0.2) is 25.5 Å². The molecular weight excluding hydrogens is 356 g/mol. The fraction of sp³-hybridized carbons (Fsp3) is 0.278. The molecule has 1 unspecified atom stereocenters. The zero-order chi connectivity index (χ0) is 19.5. The minimum absolute atomic E-state index is 0.108. The highest BCUT2D eigenvalue weighted by Gasteiger charge is 2.18. The van der Waals surface area contributed by atoms with Gasteiger partial charge in [-0.15, -0.1) is 0 Å². The first kappa shape index (κ1) is 19.6. The molecule has 0 bridgehead atoms. The second-order valence-corrected chi connectivity index (χ2v) is 8.05. The fourth-order valence-electron chi connectivity index (χ4n) is 2.56. The summed E-state index contributed by atoms with van der Waals surface area (Å²) in [5, 5.41) is 13.9. The predicted molar refractivity (Wildman–Crippen MR) is 97.9 cm³/mol. The molecule has 1 atom stereocenters. The Morgan fingerprint density at radius 2 is 1.81 bits per heavy atom. The molecule has 0 saturated heterocycles. The standard InChI is InChI=1S/C18H20N2O5S/c1-4-16(13-7-9-15(10-8-13)26(3,24)25)19-18(21)14-6-5-12(2)17(11-14)20(22)23/h5-11,16H,4H2,1-3H3,(H,19,21). The summed E-state index contributed by atoms with van der Waals surface area (Å²) in [6.45, 7) is 3.49. The molecule has 0 saturated carbocycles. The normalized spacial score (nSPS) is 12.4. The van der Waals surface area contributed by atoms with Crippen molar-refractivity contribution in [3.8, 4) is 0 Å². The van der Waals surface area contributed by atoms with E-state index in [2.05, 4.69) is 5.32 Å². The number of aryl methyl sites for hydroxylation is 1. The molecule has 0 aliphatic heterocycles. The maximum atomic E-state index is 12.5. The third-order valence-electron chi connectivity index (χ3n) is 4.09. The summed E-state index contributed by atoms with van der Waals surface area (Å²) in [4.78, 5) is 23.2. The number of nitrogens with zero attached hydrogens (tertiary/aromatic N) is 1. The average Bonchev–Trinajstić information content (AvgIpc) is 2.59.